The zero-order valence-electron chi connectivity index (χ0n) is 10.8. The van der Waals surface area contributed by atoms with Crippen LogP contribution in [-0.2, 0) is 11.2 Å². The van der Waals surface area contributed by atoms with Gasteiger partial charge in [-0.15, -0.1) is 0 Å². The Balaban J connectivity index is 1.94. The molecule has 1 aliphatic rings. The van der Waals surface area contributed by atoms with Crippen LogP contribution >= 0.6 is 0 Å². The zero-order chi connectivity index (χ0) is 13.8. The number of carboxylic acid groups (broad SMARTS) is 1. The molecule has 2 rings (SSSR count). The van der Waals surface area contributed by atoms with E-state index >= 15 is 0 Å². The van der Waals surface area contributed by atoms with Crippen LogP contribution in [0.3, 0.4) is 0 Å². The van der Waals surface area contributed by atoms with Crippen LogP contribution in [0.2, 0.25) is 0 Å². The summed E-state index contributed by atoms with van der Waals surface area (Å²) < 4.78 is 0. The lowest BCUT2D eigenvalue weighted by Gasteiger charge is -2.33. The zero-order valence-corrected chi connectivity index (χ0v) is 10.8. The van der Waals surface area contributed by atoms with E-state index in [0.29, 0.717) is 17.2 Å². The van der Waals surface area contributed by atoms with Gasteiger partial charge in [-0.05, 0) is 30.4 Å². The minimum absolute atomic E-state index is 0.100. The molecule has 2 amide bonds. The van der Waals surface area contributed by atoms with Crippen molar-refractivity contribution in [3.05, 3.63) is 29.8 Å². The number of anilines is 1. The number of amides is 2. The molecule has 5 heteroatoms. The van der Waals surface area contributed by atoms with E-state index in [1.807, 2.05) is 0 Å². The molecule has 1 aliphatic carbocycles. The summed E-state index contributed by atoms with van der Waals surface area (Å²) >= 11 is 0. The maximum Gasteiger partial charge on any atom is 0.319 e. The molecule has 0 unspecified atom stereocenters. The molecule has 1 fully saturated rings. The number of para-hydroxylation sites is 1. The fraction of sp³-hybridized carbons (Fsp3) is 0.429. The lowest BCUT2D eigenvalue weighted by atomic mass is 9.82. The van der Waals surface area contributed by atoms with Crippen LogP contribution in [0.4, 0.5) is 10.5 Å². The van der Waals surface area contributed by atoms with Gasteiger partial charge >= 0.3 is 12.0 Å². The summed E-state index contributed by atoms with van der Waals surface area (Å²) in [4.78, 5) is 22.5. The Bertz CT molecular complexity index is 481. The number of rotatable bonds is 4. The van der Waals surface area contributed by atoms with Crippen molar-refractivity contribution in [2.75, 3.05) is 5.32 Å². The van der Waals surface area contributed by atoms with Gasteiger partial charge in [0, 0.05) is 11.7 Å². The number of carbonyl (C=O) groups excluding carboxylic acids is 1. The summed E-state index contributed by atoms with van der Waals surface area (Å²) in [5, 5.41) is 14.4. The van der Waals surface area contributed by atoms with Crippen molar-refractivity contribution < 1.29 is 14.7 Å². The predicted octanol–water partition coefficient (Wildman–Crippen LogP) is 2.23. The molecule has 0 aromatic heterocycles. The van der Waals surface area contributed by atoms with Gasteiger partial charge in [-0.1, -0.05) is 25.1 Å². The maximum atomic E-state index is 11.8. The predicted molar refractivity (Wildman–Crippen MR) is 72.1 cm³/mol. The highest BCUT2D eigenvalue weighted by Crippen LogP contribution is 2.26. The Morgan fingerprint density at radius 2 is 2.00 bits per heavy atom. The lowest BCUT2D eigenvalue weighted by Crippen LogP contribution is -2.45. The van der Waals surface area contributed by atoms with Gasteiger partial charge in [-0.2, -0.15) is 0 Å². The molecule has 1 aromatic rings. The fourth-order valence-corrected chi connectivity index (χ4v) is 2.32. The largest absolute Gasteiger partial charge is 0.481 e. The van der Waals surface area contributed by atoms with Crippen molar-refractivity contribution in [3.63, 3.8) is 0 Å². The molecule has 5 nitrogen and oxygen atoms in total. The smallest absolute Gasteiger partial charge is 0.319 e. The summed E-state index contributed by atoms with van der Waals surface area (Å²) in [6.07, 6.45) is 1.91. The summed E-state index contributed by atoms with van der Waals surface area (Å²) in [5.74, 6) is -0.243. The molecule has 0 bridgehead atoms. The van der Waals surface area contributed by atoms with Crippen LogP contribution in [0.25, 0.3) is 0 Å². The quantitative estimate of drug-likeness (QED) is 0.778. The second-order valence-electron chi connectivity index (χ2n) is 5.10. The molecule has 102 valence electrons. The SMILES string of the molecule is CC1CC(NC(=O)Nc2ccccc2CC(=O)O)C1. The minimum atomic E-state index is -0.914. The van der Waals surface area contributed by atoms with Gasteiger partial charge in [0.2, 0.25) is 0 Å². The van der Waals surface area contributed by atoms with E-state index in [1.54, 1.807) is 24.3 Å². The standard InChI is InChI=1S/C14H18N2O3/c1-9-6-11(7-9)15-14(19)16-12-5-3-2-4-10(12)8-13(17)18/h2-5,9,11H,6-8H2,1H3,(H,17,18)(H2,15,16,19). The Hall–Kier alpha value is -2.04. The van der Waals surface area contributed by atoms with Crippen molar-refractivity contribution in [3.8, 4) is 0 Å². The molecular weight excluding hydrogens is 244 g/mol. The highest BCUT2D eigenvalue weighted by atomic mass is 16.4. The number of nitrogens with one attached hydrogen (secondary N) is 2. The number of hydrogen-bond donors (Lipinski definition) is 3. The molecular formula is C14H18N2O3. The Morgan fingerprint density at radius 1 is 1.32 bits per heavy atom. The number of benzene rings is 1. The van der Waals surface area contributed by atoms with Gasteiger partial charge < -0.3 is 15.7 Å². The summed E-state index contributed by atoms with van der Waals surface area (Å²) in [6, 6.07) is 6.91. The molecule has 0 aliphatic heterocycles. The Morgan fingerprint density at radius 3 is 2.63 bits per heavy atom. The second kappa shape index (κ2) is 5.73. The lowest BCUT2D eigenvalue weighted by molar-refractivity contribution is -0.136. The highest BCUT2D eigenvalue weighted by Gasteiger charge is 2.26. The molecule has 1 saturated carbocycles. The Labute approximate surface area is 112 Å². The molecule has 1 aromatic carbocycles. The van der Waals surface area contributed by atoms with Gasteiger partial charge in [0.15, 0.2) is 0 Å². The first-order chi connectivity index (χ1) is 9.04. The van der Waals surface area contributed by atoms with E-state index in [-0.39, 0.29) is 18.5 Å². The molecule has 3 N–H and O–H groups in total. The van der Waals surface area contributed by atoms with Crippen molar-refractivity contribution in [2.24, 2.45) is 5.92 Å². The number of carbonyl (C=O) groups is 2. The summed E-state index contributed by atoms with van der Waals surface area (Å²) in [7, 11) is 0. The van der Waals surface area contributed by atoms with E-state index < -0.39 is 5.97 Å². The van der Waals surface area contributed by atoms with Crippen LogP contribution in [-0.4, -0.2) is 23.1 Å². The van der Waals surface area contributed by atoms with Crippen molar-refractivity contribution in [2.45, 2.75) is 32.2 Å². The molecule has 0 heterocycles. The summed E-state index contributed by atoms with van der Waals surface area (Å²) in [6.45, 7) is 2.15. The highest BCUT2D eigenvalue weighted by molar-refractivity contribution is 5.91. The van der Waals surface area contributed by atoms with Crippen molar-refractivity contribution in [1.29, 1.82) is 0 Å². The fourth-order valence-electron chi connectivity index (χ4n) is 2.32. The van der Waals surface area contributed by atoms with Gasteiger partial charge in [0.25, 0.3) is 0 Å². The maximum absolute atomic E-state index is 11.8. The number of aliphatic carboxylic acids is 1. The monoisotopic (exact) mass is 262 g/mol. The van der Waals surface area contributed by atoms with Gasteiger partial charge in [-0.25, -0.2) is 4.79 Å². The van der Waals surface area contributed by atoms with Gasteiger partial charge in [0.05, 0.1) is 6.42 Å². The third-order valence-corrected chi connectivity index (χ3v) is 3.32. The third kappa shape index (κ3) is 3.71. The number of urea groups is 1. The third-order valence-electron chi connectivity index (χ3n) is 3.32. The van der Waals surface area contributed by atoms with Crippen LogP contribution < -0.4 is 10.6 Å². The van der Waals surface area contributed by atoms with Gasteiger partial charge in [-0.3, -0.25) is 4.79 Å². The van der Waals surface area contributed by atoms with E-state index in [9.17, 15) is 9.59 Å². The first-order valence-electron chi connectivity index (χ1n) is 6.42. The van der Waals surface area contributed by atoms with E-state index in [1.165, 1.54) is 0 Å². The first-order valence-corrected chi connectivity index (χ1v) is 6.42. The average molecular weight is 262 g/mol. The molecule has 0 atom stereocenters. The van der Waals surface area contributed by atoms with Crippen LogP contribution in [0.15, 0.2) is 24.3 Å². The number of carboxylic acids is 1. The minimum Gasteiger partial charge on any atom is -0.481 e. The average Bonchev–Trinajstić information content (AvgIpc) is 2.29. The molecule has 0 spiro atoms. The molecule has 0 radical (unpaired) electrons. The number of hydrogen-bond acceptors (Lipinski definition) is 2. The van der Waals surface area contributed by atoms with E-state index in [0.717, 1.165) is 12.8 Å². The van der Waals surface area contributed by atoms with Crippen molar-refractivity contribution in [1.82, 2.24) is 5.32 Å². The first kappa shape index (κ1) is 13.4. The molecule has 19 heavy (non-hydrogen) atoms. The van der Waals surface area contributed by atoms with Crippen LogP contribution in [0.5, 0.6) is 0 Å². The van der Waals surface area contributed by atoms with Gasteiger partial charge in [0.1, 0.15) is 0 Å². The molecule has 0 saturated heterocycles. The van der Waals surface area contributed by atoms with Crippen LogP contribution in [0.1, 0.15) is 25.3 Å². The second-order valence-corrected chi connectivity index (χ2v) is 5.10. The Kier molecular flexibility index (Phi) is 4.04. The summed E-state index contributed by atoms with van der Waals surface area (Å²) in [5.41, 5.74) is 1.15. The van der Waals surface area contributed by atoms with Crippen molar-refractivity contribution >= 4 is 17.7 Å². The van der Waals surface area contributed by atoms with E-state index in [4.69, 9.17) is 5.11 Å². The topological polar surface area (TPSA) is 78.4 Å². The normalized spacial score (nSPS) is 21.3. The van der Waals surface area contributed by atoms with Crippen LogP contribution in [0, 0.1) is 5.92 Å². The van der Waals surface area contributed by atoms with E-state index in [2.05, 4.69) is 17.6 Å².